The second kappa shape index (κ2) is 8.34. The Morgan fingerprint density at radius 3 is 2.25 bits per heavy atom. The van der Waals surface area contributed by atoms with E-state index in [4.69, 9.17) is 0 Å². The van der Waals surface area contributed by atoms with Gasteiger partial charge in [-0.05, 0) is 43.2 Å². The molecule has 162 valence electrons. The summed E-state index contributed by atoms with van der Waals surface area (Å²) in [4.78, 5) is 27.5. The molecule has 4 nitrogen and oxygen atoms in total. The Balaban J connectivity index is 1.80. The zero-order valence-corrected chi connectivity index (χ0v) is 17.4. The molecule has 1 N–H and O–H groups in total. The van der Waals surface area contributed by atoms with Crippen LogP contribution in [0.4, 0.5) is 18.9 Å². The van der Waals surface area contributed by atoms with Gasteiger partial charge >= 0.3 is 0 Å². The molecule has 0 spiro atoms. The number of halogens is 3. The minimum atomic E-state index is -1.09. The SMILES string of the molecule is Cc1ccc(C2=C(Nc3ccc(F)c(F)c3)C(=O)N(Cc3ccccc3F)C2=O)c(C)c1. The standard InChI is InChI=1S/C25H19F3N2O2/c1-14-7-9-18(15(2)11-14)22-23(29-17-8-10-20(27)21(28)12-17)25(32)30(24(22)31)13-16-5-3-4-6-19(16)26/h3-12,29H,13H2,1-2H3. The van der Waals surface area contributed by atoms with Gasteiger partial charge in [-0.15, -0.1) is 0 Å². The molecule has 1 aliphatic heterocycles. The Hall–Kier alpha value is -3.87. The lowest BCUT2D eigenvalue weighted by Crippen LogP contribution is -2.32. The van der Waals surface area contributed by atoms with E-state index < -0.39 is 29.3 Å². The lowest BCUT2D eigenvalue weighted by Gasteiger charge is -2.16. The lowest BCUT2D eigenvalue weighted by atomic mass is 9.97. The molecule has 0 aromatic heterocycles. The Kier molecular flexibility index (Phi) is 5.57. The quantitative estimate of drug-likeness (QED) is 0.566. The zero-order chi connectivity index (χ0) is 23.0. The van der Waals surface area contributed by atoms with Gasteiger partial charge in [0.15, 0.2) is 11.6 Å². The van der Waals surface area contributed by atoms with Crippen LogP contribution in [0.1, 0.15) is 22.3 Å². The van der Waals surface area contributed by atoms with E-state index in [-0.39, 0.29) is 29.1 Å². The Bertz CT molecular complexity index is 1280. The van der Waals surface area contributed by atoms with Crippen LogP contribution in [0.3, 0.4) is 0 Å². The highest BCUT2D eigenvalue weighted by Gasteiger charge is 2.40. The van der Waals surface area contributed by atoms with E-state index in [0.717, 1.165) is 28.2 Å². The molecule has 3 aromatic carbocycles. The zero-order valence-electron chi connectivity index (χ0n) is 17.4. The molecule has 0 radical (unpaired) electrons. The summed E-state index contributed by atoms with van der Waals surface area (Å²) in [5.41, 5.74) is 2.56. The number of benzene rings is 3. The molecular weight excluding hydrogens is 417 g/mol. The van der Waals surface area contributed by atoms with Crippen molar-refractivity contribution in [3.05, 3.63) is 106 Å². The van der Waals surface area contributed by atoms with Crippen LogP contribution in [0.5, 0.6) is 0 Å². The van der Waals surface area contributed by atoms with Crippen molar-refractivity contribution in [2.75, 3.05) is 5.32 Å². The molecule has 0 fully saturated rings. The van der Waals surface area contributed by atoms with Crippen molar-refractivity contribution in [1.29, 1.82) is 0 Å². The second-order valence-electron chi connectivity index (χ2n) is 7.61. The van der Waals surface area contributed by atoms with E-state index >= 15 is 0 Å². The van der Waals surface area contributed by atoms with Crippen molar-refractivity contribution in [1.82, 2.24) is 4.90 Å². The smallest absolute Gasteiger partial charge is 0.278 e. The van der Waals surface area contributed by atoms with Crippen LogP contribution in [0.25, 0.3) is 5.57 Å². The fraction of sp³-hybridized carbons (Fsp3) is 0.120. The van der Waals surface area contributed by atoms with Crippen LogP contribution < -0.4 is 5.32 Å². The van der Waals surface area contributed by atoms with Crippen molar-refractivity contribution < 1.29 is 22.8 Å². The lowest BCUT2D eigenvalue weighted by molar-refractivity contribution is -0.137. The van der Waals surface area contributed by atoms with Gasteiger partial charge in [-0.25, -0.2) is 13.2 Å². The summed E-state index contributed by atoms with van der Waals surface area (Å²) >= 11 is 0. The molecule has 7 heteroatoms. The van der Waals surface area contributed by atoms with E-state index in [9.17, 15) is 22.8 Å². The average molecular weight is 436 g/mol. The van der Waals surface area contributed by atoms with Gasteiger partial charge in [0.1, 0.15) is 11.5 Å². The van der Waals surface area contributed by atoms with Gasteiger partial charge < -0.3 is 5.32 Å². The van der Waals surface area contributed by atoms with Gasteiger partial charge in [0.05, 0.1) is 12.1 Å². The number of anilines is 1. The summed E-state index contributed by atoms with van der Waals surface area (Å²) in [6.45, 7) is 3.45. The monoisotopic (exact) mass is 436 g/mol. The minimum absolute atomic E-state index is 0.0794. The molecule has 4 rings (SSSR count). The molecule has 0 aliphatic carbocycles. The molecule has 0 unspecified atom stereocenters. The van der Waals surface area contributed by atoms with Gasteiger partial charge in [-0.2, -0.15) is 0 Å². The first-order chi connectivity index (χ1) is 15.3. The summed E-state index contributed by atoms with van der Waals surface area (Å²) in [5.74, 6) is -3.95. The fourth-order valence-electron chi connectivity index (χ4n) is 3.69. The first-order valence-electron chi connectivity index (χ1n) is 9.90. The second-order valence-corrected chi connectivity index (χ2v) is 7.61. The molecular formula is C25H19F3N2O2. The molecule has 2 amide bonds. The number of carbonyl (C=O) groups is 2. The number of hydrogen-bond acceptors (Lipinski definition) is 3. The maximum atomic E-state index is 14.2. The minimum Gasteiger partial charge on any atom is -0.350 e. The summed E-state index contributed by atoms with van der Waals surface area (Å²) in [7, 11) is 0. The molecule has 0 bridgehead atoms. The van der Waals surface area contributed by atoms with Gasteiger partial charge in [-0.1, -0.05) is 42.0 Å². The number of rotatable bonds is 5. The van der Waals surface area contributed by atoms with Crippen molar-refractivity contribution in [2.24, 2.45) is 0 Å². The van der Waals surface area contributed by atoms with E-state index in [2.05, 4.69) is 5.32 Å². The molecule has 1 aliphatic rings. The van der Waals surface area contributed by atoms with Crippen LogP contribution in [0, 0.1) is 31.3 Å². The Morgan fingerprint density at radius 2 is 1.56 bits per heavy atom. The topological polar surface area (TPSA) is 49.4 Å². The van der Waals surface area contributed by atoms with Crippen molar-refractivity contribution in [3.8, 4) is 0 Å². The Labute approximate surface area is 183 Å². The van der Waals surface area contributed by atoms with Gasteiger partial charge in [0.2, 0.25) is 0 Å². The van der Waals surface area contributed by atoms with E-state index in [1.54, 1.807) is 12.1 Å². The van der Waals surface area contributed by atoms with Crippen molar-refractivity contribution >= 4 is 23.1 Å². The molecule has 32 heavy (non-hydrogen) atoms. The molecule has 1 heterocycles. The number of imide groups is 1. The predicted molar refractivity (Wildman–Crippen MR) is 115 cm³/mol. The maximum absolute atomic E-state index is 14.2. The number of nitrogens with zero attached hydrogens (tertiary/aromatic N) is 1. The largest absolute Gasteiger partial charge is 0.350 e. The van der Waals surface area contributed by atoms with E-state index in [1.807, 2.05) is 26.0 Å². The summed E-state index contributed by atoms with van der Waals surface area (Å²) in [6, 6.07) is 14.4. The maximum Gasteiger partial charge on any atom is 0.278 e. The van der Waals surface area contributed by atoms with Gasteiger partial charge in [-0.3, -0.25) is 14.5 Å². The number of amides is 2. The average Bonchev–Trinajstić information content (AvgIpc) is 2.97. The van der Waals surface area contributed by atoms with E-state index in [1.165, 1.54) is 24.3 Å². The molecule has 3 aromatic rings. The third-order valence-corrected chi connectivity index (χ3v) is 5.29. The molecule has 0 atom stereocenters. The van der Waals surface area contributed by atoms with Gasteiger partial charge in [0, 0.05) is 17.3 Å². The van der Waals surface area contributed by atoms with Crippen molar-refractivity contribution in [2.45, 2.75) is 20.4 Å². The van der Waals surface area contributed by atoms with E-state index in [0.29, 0.717) is 5.56 Å². The van der Waals surface area contributed by atoms with Crippen LogP contribution in [0.15, 0.2) is 66.4 Å². The highest BCUT2D eigenvalue weighted by atomic mass is 19.2. The molecule has 0 saturated heterocycles. The normalized spacial score (nSPS) is 13.8. The first-order valence-corrected chi connectivity index (χ1v) is 9.90. The third-order valence-electron chi connectivity index (χ3n) is 5.29. The summed E-state index contributed by atoms with van der Waals surface area (Å²) in [5, 5.41) is 2.78. The predicted octanol–water partition coefficient (Wildman–Crippen LogP) is 5.11. The fourth-order valence-corrected chi connectivity index (χ4v) is 3.69. The molecule has 0 saturated carbocycles. The number of carbonyl (C=O) groups excluding carboxylic acids is 2. The first kappa shape index (κ1) is 21.4. The number of nitrogens with one attached hydrogen (secondary N) is 1. The summed E-state index contributed by atoms with van der Waals surface area (Å²) < 4.78 is 41.3. The third kappa shape index (κ3) is 3.89. The number of aryl methyl sites for hydroxylation is 2. The Morgan fingerprint density at radius 1 is 0.812 bits per heavy atom. The van der Waals surface area contributed by atoms with Crippen molar-refractivity contribution in [3.63, 3.8) is 0 Å². The van der Waals surface area contributed by atoms with Crippen LogP contribution in [-0.4, -0.2) is 16.7 Å². The number of hydrogen-bond donors (Lipinski definition) is 1. The highest BCUT2D eigenvalue weighted by molar-refractivity contribution is 6.36. The van der Waals surface area contributed by atoms with Crippen LogP contribution in [-0.2, 0) is 16.1 Å². The van der Waals surface area contributed by atoms with Crippen LogP contribution in [0.2, 0.25) is 0 Å². The van der Waals surface area contributed by atoms with Crippen LogP contribution >= 0.6 is 0 Å². The highest BCUT2D eigenvalue weighted by Crippen LogP contribution is 2.33. The van der Waals surface area contributed by atoms with Gasteiger partial charge in [0.25, 0.3) is 11.8 Å². The summed E-state index contributed by atoms with van der Waals surface area (Å²) in [6.07, 6.45) is 0.